The summed E-state index contributed by atoms with van der Waals surface area (Å²) in [5.74, 6) is -1.18. The van der Waals surface area contributed by atoms with Gasteiger partial charge in [0.25, 0.3) is 10.0 Å². The van der Waals surface area contributed by atoms with Crippen LogP contribution in [0.4, 0.5) is 0 Å². The molecule has 1 heterocycles. The molecule has 0 spiro atoms. The van der Waals surface area contributed by atoms with Gasteiger partial charge in [-0.25, -0.2) is 9.52 Å². The highest BCUT2D eigenvalue weighted by molar-refractivity contribution is 7.91. The first-order valence-electron chi connectivity index (χ1n) is 3.63. The van der Waals surface area contributed by atoms with Crippen LogP contribution in [0.25, 0.3) is 0 Å². The van der Waals surface area contributed by atoms with Gasteiger partial charge in [0.15, 0.2) is 6.19 Å². The maximum absolute atomic E-state index is 11.3. The van der Waals surface area contributed by atoms with Crippen molar-refractivity contribution in [1.82, 2.24) is 4.72 Å². The average molecular weight is 246 g/mol. The Hall–Kier alpha value is -1.59. The molecule has 0 aliphatic heterocycles. The second kappa shape index (κ2) is 3.88. The highest BCUT2D eigenvalue weighted by atomic mass is 32.2. The van der Waals surface area contributed by atoms with Crippen molar-refractivity contribution in [3.8, 4) is 6.19 Å². The molecule has 80 valence electrons. The number of hydrogen-bond acceptors (Lipinski definition) is 5. The number of nitriles is 1. The summed E-state index contributed by atoms with van der Waals surface area (Å²) in [4.78, 5) is 10.6. The number of aromatic carboxylic acids is 1. The number of aryl methyl sites for hydroxylation is 1. The van der Waals surface area contributed by atoms with Crippen molar-refractivity contribution in [2.45, 2.75) is 11.1 Å². The minimum absolute atomic E-state index is 0.0479. The largest absolute Gasteiger partial charge is 0.477 e. The first-order valence-corrected chi connectivity index (χ1v) is 5.93. The zero-order valence-corrected chi connectivity index (χ0v) is 9.15. The van der Waals surface area contributed by atoms with E-state index in [-0.39, 0.29) is 9.09 Å². The van der Waals surface area contributed by atoms with Gasteiger partial charge in [-0.2, -0.15) is 13.7 Å². The van der Waals surface area contributed by atoms with Crippen LogP contribution < -0.4 is 4.72 Å². The Morgan fingerprint density at radius 3 is 2.67 bits per heavy atom. The van der Waals surface area contributed by atoms with E-state index in [1.165, 1.54) is 19.2 Å². The predicted octanol–water partition coefficient (Wildman–Crippen LogP) is 0.514. The third-order valence-corrected chi connectivity index (χ3v) is 4.47. The smallest absolute Gasteiger partial charge is 0.346 e. The van der Waals surface area contributed by atoms with Crippen LogP contribution in [0.2, 0.25) is 0 Å². The number of carboxylic acids is 1. The van der Waals surface area contributed by atoms with Crippen LogP contribution in [-0.2, 0) is 10.0 Å². The number of rotatable bonds is 3. The Morgan fingerprint density at radius 1 is 1.67 bits per heavy atom. The summed E-state index contributed by atoms with van der Waals surface area (Å²) in [5, 5.41) is 16.9. The van der Waals surface area contributed by atoms with Crippen molar-refractivity contribution in [1.29, 1.82) is 5.26 Å². The Kier molecular flexibility index (Phi) is 2.97. The molecule has 1 aromatic heterocycles. The van der Waals surface area contributed by atoms with Crippen molar-refractivity contribution in [3.05, 3.63) is 16.5 Å². The average Bonchev–Trinajstić information content (AvgIpc) is 2.47. The number of sulfonamides is 1. The van der Waals surface area contributed by atoms with Gasteiger partial charge in [-0.15, -0.1) is 11.3 Å². The summed E-state index contributed by atoms with van der Waals surface area (Å²) in [7, 11) is -3.90. The van der Waals surface area contributed by atoms with Crippen LogP contribution in [-0.4, -0.2) is 19.5 Å². The zero-order chi connectivity index (χ0) is 11.6. The fraction of sp³-hybridized carbons (Fsp3) is 0.143. The zero-order valence-electron chi connectivity index (χ0n) is 7.51. The van der Waals surface area contributed by atoms with Gasteiger partial charge >= 0.3 is 5.97 Å². The van der Waals surface area contributed by atoms with E-state index in [0.29, 0.717) is 16.9 Å². The summed E-state index contributed by atoms with van der Waals surface area (Å²) < 4.78 is 24.0. The lowest BCUT2D eigenvalue weighted by atomic mass is 10.3. The number of nitrogens with one attached hydrogen (secondary N) is 1. The van der Waals surface area contributed by atoms with Crippen LogP contribution in [0.3, 0.4) is 0 Å². The molecule has 1 aromatic rings. The van der Waals surface area contributed by atoms with E-state index < -0.39 is 16.0 Å². The summed E-state index contributed by atoms with van der Waals surface area (Å²) in [5.41, 5.74) is 0.353. The molecule has 0 aliphatic rings. The van der Waals surface area contributed by atoms with Crippen LogP contribution >= 0.6 is 11.3 Å². The van der Waals surface area contributed by atoms with Crippen molar-refractivity contribution in [2.75, 3.05) is 0 Å². The maximum Gasteiger partial charge on any atom is 0.346 e. The molecule has 0 amide bonds. The molecule has 0 atom stereocenters. The third-order valence-electron chi connectivity index (χ3n) is 1.53. The molecule has 6 nitrogen and oxygen atoms in total. The van der Waals surface area contributed by atoms with Crippen molar-refractivity contribution < 1.29 is 18.3 Å². The van der Waals surface area contributed by atoms with E-state index in [1.807, 2.05) is 0 Å². The number of hydrogen-bond donors (Lipinski definition) is 2. The van der Waals surface area contributed by atoms with Gasteiger partial charge in [0.2, 0.25) is 0 Å². The third kappa shape index (κ3) is 2.26. The normalized spacial score (nSPS) is 10.7. The molecule has 2 N–H and O–H groups in total. The van der Waals surface area contributed by atoms with Gasteiger partial charge < -0.3 is 5.11 Å². The maximum atomic E-state index is 11.3. The van der Waals surface area contributed by atoms with Gasteiger partial charge in [-0.1, -0.05) is 0 Å². The van der Waals surface area contributed by atoms with E-state index >= 15 is 0 Å². The number of thiophene rings is 1. The fourth-order valence-electron chi connectivity index (χ4n) is 0.908. The van der Waals surface area contributed by atoms with Crippen molar-refractivity contribution in [3.63, 3.8) is 0 Å². The van der Waals surface area contributed by atoms with Crippen molar-refractivity contribution in [2.24, 2.45) is 0 Å². The lowest BCUT2D eigenvalue weighted by Gasteiger charge is -1.94. The van der Waals surface area contributed by atoms with Gasteiger partial charge in [-0.3, -0.25) is 0 Å². The van der Waals surface area contributed by atoms with Crippen LogP contribution in [0, 0.1) is 18.4 Å². The van der Waals surface area contributed by atoms with E-state index in [2.05, 4.69) is 0 Å². The minimum Gasteiger partial charge on any atom is -0.477 e. The highest BCUT2D eigenvalue weighted by Gasteiger charge is 2.21. The Labute approximate surface area is 89.8 Å². The van der Waals surface area contributed by atoms with E-state index in [4.69, 9.17) is 10.4 Å². The van der Waals surface area contributed by atoms with Gasteiger partial charge in [0.05, 0.1) is 0 Å². The Bertz CT molecular complexity index is 538. The lowest BCUT2D eigenvalue weighted by molar-refractivity contribution is 0.0701. The molecular formula is C7H6N2O4S2. The van der Waals surface area contributed by atoms with Crippen LogP contribution in [0.15, 0.2) is 10.3 Å². The van der Waals surface area contributed by atoms with Crippen LogP contribution in [0.5, 0.6) is 0 Å². The van der Waals surface area contributed by atoms with E-state index in [1.54, 1.807) is 4.72 Å². The molecule has 8 heteroatoms. The van der Waals surface area contributed by atoms with Gasteiger partial charge in [0.1, 0.15) is 9.09 Å². The van der Waals surface area contributed by atoms with Gasteiger partial charge in [-0.05, 0) is 18.6 Å². The summed E-state index contributed by atoms with van der Waals surface area (Å²) in [6, 6.07) is 1.22. The first kappa shape index (κ1) is 11.5. The van der Waals surface area contributed by atoms with Gasteiger partial charge in [0, 0.05) is 0 Å². The monoisotopic (exact) mass is 246 g/mol. The first-order chi connectivity index (χ1) is 6.88. The molecule has 0 aromatic carbocycles. The second-order valence-corrected chi connectivity index (χ2v) is 5.56. The highest BCUT2D eigenvalue weighted by Crippen LogP contribution is 2.25. The second-order valence-electron chi connectivity index (χ2n) is 2.60. The predicted molar refractivity (Wildman–Crippen MR) is 51.9 cm³/mol. The molecule has 0 bridgehead atoms. The molecule has 15 heavy (non-hydrogen) atoms. The van der Waals surface area contributed by atoms with Crippen molar-refractivity contribution >= 4 is 27.3 Å². The van der Waals surface area contributed by atoms with E-state index in [0.717, 1.165) is 0 Å². The molecular weight excluding hydrogens is 240 g/mol. The SMILES string of the molecule is Cc1cc(S(=O)(=O)NC#N)sc1C(=O)O. The fourth-order valence-corrected chi connectivity index (χ4v) is 3.02. The lowest BCUT2D eigenvalue weighted by Crippen LogP contribution is -2.16. The molecule has 0 unspecified atom stereocenters. The summed E-state index contributed by atoms with van der Waals surface area (Å²) in [6.07, 6.45) is 1.29. The van der Waals surface area contributed by atoms with E-state index in [9.17, 15) is 13.2 Å². The number of carboxylic acid groups (broad SMARTS) is 1. The molecule has 0 radical (unpaired) electrons. The molecule has 0 saturated carbocycles. The van der Waals surface area contributed by atoms with Crippen LogP contribution in [0.1, 0.15) is 15.2 Å². The summed E-state index contributed by atoms with van der Waals surface area (Å²) in [6.45, 7) is 1.49. The standard InChI is InChI=1S/C7H6N2O4S2/c1-4-2-5(14-6(4)7(10)11)15(12,13)9-3-8/h2,9H,1H3,(H,10,11). The number of carbonyl (C=O) groups is 1. The molecule has 1 rings (SSSR count). The Balaban J connectivity index is 3.26. The molecule has 0 saturated heterocycles. The number of nitrogens with zero attached hydrogens (tertiary/aromatic N) is 1. The topological polar surface area (TPSA) is 107 Å². The Morgan fingerprint density at radius 2 is 2.27 bits per heavy atom. The molecule has 0 fully saturated rings. The minimum atomic E-state index is -3.90. The molecule has 0 aliphatic carbocycles. The summed E-state index contributed by atoms with van der Waals surface area (Å²) >= 11 is 0.613. The quantitative estimate of drug-likeness (QED) is 0.597.